The number of nitrogens with two attached hydrogens (primary N) is 1. The number of rotatable bonds is 5. The van der Waals surface area contributed by atoms with E-state index in [0.717, 1.165) is 17.7 Å². The highest BCUT2D eigenvalue weighted by Gasteiger charge is 2.11. The Bertz CT molecular complexity index is 605. The van der Waals surface area contributed by atoms with Gasteiger partial charge in [-0.3, -0.25) is 4.79 Å². The summed E-state index contributed by atoms with van der Waals surface area (Å²) in [5.74, 6) is 0.124. The van der Waals surface area contributed by atoms with E-state index in [-0.39, 0.29) is 5.91 Å². The predicted octanol–water partition coefficient (Wildman–Crippen LogP) is 3.05. The number of carbonyl (C=O) groups excluding carboxylic acids is 1. The van der Waals surface area contributed by atoms with E-state index in [2.05, 4.69) is 19.1 Å². The minimum absolute atomic E-state index is 0.124. The summed E-state index contributed by atoms with van der Waals surface area (Å²) in [6, 6.07) is 16.0. The van der Waals surface area contributed by atoms with Crippen LogP contribution in [-0.4, -0.2) is 13.0 Å². The Kier molecular flexibility index (Phi) is 5.12. The van der Waals surface area contributed by atoms with Crippen LogP contribution in [-0.2, 0) is 17.8 Å². The molecule has 2 aromatic carbocycles. The van der Waals surface area contributed by atoms with Crippen LogP contribution in [0.4, 0.5) is 5.69 Å². The molecule has 0 heterocycles. The van der Waals surface area contributed by atoms with Crippen LogP contribution in [0.5, 0.6) is 0 Å². The molecule has 2 rings (SSSR count). The number of carbonyl (C=O) groups is 1. The van der Waals surface area contributed by atoms with E-state index < -0.39 is 0 Å². The van der Waals surface area contributed by atoms with Crippen molar-refractivity contribution in [2.24, 2.45) is 5.73 Å². The third kappa shape index (κ3) is 3.92. The Hall–Kier alpha value is -2.13. The van der Waals surface area contributed by atoms with Gasteiger partial charge in [-0.1, -0.05) is 36.4 Å². The summed E-state index contributed by atoms with van der Waals surface area (Å²) in [5.41, 5.74) is 10.0. The number of anilines is 1. The van der Waals surface area contributed by atoms with Gasteiger partial charge in [0.1, 0.15) is 0 Å². The molecule has 3 heteroatoms. The predicted molar refractivity (Wildman–Crippen MR) is 87.2 cm³/mol. The minimum Gasteiger partial charge on any atom is -0.326 e. The van der Waals surface area contributed by atoms with Gasteiger partial charge in [-0.15, -0.1) is 0 Å². The third-order valence-electron chi connectivity index (χ3n) is 3.80. The Morgan fingerprint density at radius 3 is 2.38 bits per heavy atom. The number of amides is 1. The highest BCUT2D eigenvalue weighted by atomic mass is 16.2. The van der Waals surface area contributed by atoms with E-state index in [0.29, 0.717) is 13.0 Å². The second-order valence-corrected chi connectivity index (χ2v) is 5.25. The highest BCUT2D eigenvalue weighted by molar-refractivity contribution is 5.92. The summed E-state index contributed by atoms with van der Waals surface area (Å²) < 4.78 is 0. The van der Waals surface area contributed by atoms with Crippen molar-refractivity contribution in [3.8, 4) is 0 Å². The molecule has 0 radical (unpaired) electrons. The van der Waals surface area contributed by atoms with Crippen LogP contribution in [0.1, 0.15) is 23.1 Å². The summed E-state index contributed by atoms with van der Waals surface area (Å²) in [5, 5.41) is 0. The van der Waals surface area contributed by atoms with Crippen molar-refractivity contribution >= 4 is 11.6 Å². The molecule has 0 bridgehead atoms. The maximum atomic E-state index is 12.3. The highest BCUT2D eigenvalue weighted by Crippen LogP contribution is 2.16. The van der Waals surface area contributed by atoms with Crippen LogP contribution in [0.15, 0.2) is 48.5 Å². The van der Waals surface area contributed by atoms with Gasteiger partial charge in [-0.05, 0) is 42.2 Å². The van der Waals surface area contributed by atoms with Crippen molar-refractivity contribution in [2.75, 3.05) is 11.9 Å². The topological polar surface area (TPSA) is 46.3 Å². The van der Waals surface area contributed by atoms with Crippen LogP contribution in [0.25, 0.3) is 0 Å². The second-order valence-electron chi connectivity index (χ2n) is 5.25. The molecular formula is C18H22N2O. The van der Waals surface area contributed by atoms with Crippen molar-refractivity contribution in [1.82, 2.24) is 0 Å². The lowest BCUT2D eigenvalue weighted by molar-refractivity contribution is -0.118. The summed E-state index contributed by atoms with van der Waals surface area (Å²) in [6.45, 7) is 2.60. The molecule has 3 nitrogen and oxygen atoms in total. The van der Waals surface area contributed by atoms with Gasteiger partial charge in [0.25, 0.3) is 0 Å². The average molecular weight is 282 g/mol. The van der Waals surface area contributed by atoms with Gasteiger partial charge in [-0.25, -0.2) is 0 Å². The maximum absolute atomic E-state index is 12.3. The van der Waals surface area contributed by atoms with Crippen molar-refractivity contribution in [3.63, 3.8) is 0 Å². The minimum atomic E-state index is 0.124. The fourth-order valence-electron chi connectivity index (χ4n) is 2.30. The average Bonchev–Trinajstić information content (AvgIpc) is 2.53. The van der Waals surface area contributed by atoms with Crippen molar-refractivity contribution < 1.29 is 4.79 Å². The summed E-state index contributed by atoms with van der Waals surface area (Å²) in [4.78, 5) is 14.0. The van der Waals surface area contributed by atoms with E-state index in [1.54, 1.807) is 4.90 Å². The van der Waals surface area contributed by atoms with Crippen LogP contribution >= 0.6 is 0 Å². The standard InChI is InChI=1S/C18H22N2O/c1-14-5-3-4-6-16(14)9-12-18(21)20(2)17-10-7-15(13-19)8-11-17/h3-8,10-11H,9,12-13,19H2,1-2H3. The van der Waals surface area contributed by atoms with E-state index in [1.165, 1.54) is 11.1 Å². The normalized spacial score (nSPS) is 10.4. The smallest absolute Gasteiger partial charge is 0.227 e. The molecule has 0 spiro atoms. The van der Waals surface area contributed by atoms with Gasteiger partial charge in [0.15, 0.2) is 0 Å². The molecular weight excluding hydrogens is 260 g/mol. The first kappa shape index (κ1) is 15.3. The Morgan fingerprint density at radius 2 is 1.76 bits per heavy atom. The maximum Gasteiger partial charge on any atom is 0.227 e. The molecule has 21 heavy (non-hydrogen) atoms. The Balaban J connectivity index is 1.97. The lowest BCUT2D eigenvalue weighted by atomic mass is 10.0. The number of benzene rings is 2. The fraction of sp³-hybridized carbons (Fsp3) is 0.278. The monoisotopic (exact) mass is 282 g/mol. The Morgan fingerprint density at radius 1 is 1.10 bits per heavy atom. The van der Waals surface area contributed by atoms with Gasteiger partial charge >= 0.3 is 0 Å². The molecule has 110 valence electrons. The molecule has 0 saturated heterocycles. The number of hydrogen-bond donors (Lipinski definition) is 1. The SMILES string of the molecule is Cc1ccccc1CCC(=O)N(C)c1ccc(CN)cc1. The van der Waals surface area contributed by atoms with Crippen LogP contribution in [0.2, 0.25) is 0 Å². The van der Waals surface area contributed by atoms with E-state index in [4.69, 9.17) is 5.73 Å². The van der Waals surface area contributed by atoms with Crippen LogP contribution in [0, 0.1) is 6.92 Å². The van der Waals surface area contributed by atoms with Gasteiger partial charge in [0.2, 0.25) is 5.91 Å². The van der Waals surface area contributed by atoms with Crippen molar-refractivity contribution in [1.29, 1.82) is 0 Å². The second kappa shape index (κ2) is 7.04. The largest absolute Gasteiger partial charge is 0.326 e. The van der Waals surface area contributed by atoms with Crippen molar-refractivity contribution in [3.05, 3.63) is 65.2 Å². The van der Waals surface area contributed by atoms with Gasteiger partial charge in [0, 0.05) is 25.7 Å². The zero-order valence-electron chi connectivity index (χ0n) is 12.7. The lowest BCUT2D eigenvalue weighted by Crippen LogP contribution is -2.26. The molecule has 0 atom stereocenters. The Labute approximate surface area is 126 Å². The molecule has 0 aliphatic heterocycles. The molecule has 2 N–H and O–H groups in total. The molecule has 1 amide bonds. The summed E-state index contributed by atoms with van der Waals surface area (Å²) in [7, 11) is 1.82. The van der Waals surface area contributed by atoms with E-state index >= 15 is 0 Å². The van der Waals surface area contributed by atoms with Gasteiger partial charge in [0.05, 0.1) is 0 Å². The quantitative estimate of drug-likeness (QED) is 0.916. The van der Waals surface area contributed by atoms with Gasteiger partial charge < -0.3 is 10.6 Å². The first-order valence-corrected chi connectivity index (χ1v) is 7.22. The summed E-state index contributed by atoms with van der Waals surface area (Å²) >= 11 is 0. The molecule has 0 unspecified atom stereocenters. The number of aryl methyl sites for hydroxylation is 2. The zero-order chi connectivity index (χ0) is 15.2. The number of nitrogens with zero attached hydrogens (tertiary/aromatic N) is 1. The molecule has 0 aromatic heterocycles. The lowest BCUT2D eigenvalue weighted by Gasteiger charge is -2.18. The fourth-order valence-corrected chi connectivity index (χ4v) is 2.30. The van der Waals surface area contributed by atoms with Gasteiger partial charge in [-0.2, -0.15) is 0 Å². The molecule has 0 saturated carbocycles. The first-order valence-electron chi connectivity index (χ1n) is 7.22. The van der Waals surface area contributed by atoms with Crippen LogP contribution in [0.3, 0.4) is 0 Å². The molecule has 2 aromatic rings. The molecule has 0 aliphatic rings. The number of hydrogen-bond acceptors (Lipinski definition) is 2. The van der Waals surface area contributed by atoms with Crippen LogP contribution < -0.4 is 10.6 Å². The molecule has 0 fully saturated rings. The third-order valence-corrected chi connectivity index (χ3v) is 3.80. The molecule has 0 aliphatic carbocycles. The summed E-state index contributed by atoms with van der Waals surface area (Å²) in [6.07, 6.45) is 1.29. The van der Waals surface area contributed by atoms with E-state index in [9.17, 15) is 4.79 Å². The van der Waals surface area contributed by atoms with Crippen molar-refractivity contribution in [2.45, 2.75) is 26.3 Å². The zero-order valence-corrected chi connectivity index (χ0v) is 12.7. The van der Waals surface area contributed by atoms with E-state index in [1.807, 2.05) is 43.4 Å². The first-order chi connectivity index (χ1) is 10.1.